The zero-order valence-electron chi connectivity index (χ0n) is 12.0. The Morgan fingerprint density at radius 2 is 2.26 bits per heavy atom. The first-order valence-corrected chi connectivity index (χ1v) is 8.58. The van der Waals surface area contributed by atoms with Crippen molar-refractivity contribution < 1.29 is 0 Å². The molecule has 3 rings (SSSR count). The molecule has 3 heteroatoms. The van der Waals surface area contributed by atoms with Gasteiger partial charge in [-0.05, 0) is 43.0 Å². The molecule has 0 aliphatic heterocycles. The van der Waals surface area contributed by atoms with Crippen molar-refractivity contribution in [2.75, 3.05) is 6.54 Å². The summed E-state index contributed by atoms with van der Waals surface area (Å²) in [6, 6.07) is 5.22. The molecule has 1 heterocycles. The van der Waals surface area contributed by atoms with Gasteiger partial charge in [-0.15, -0.1) is 11.3 Å². The van der Waals surface area contributed by atoms with E-state index in [4.69, 9.17) is 5.73 Å². The van der Waals surface area contributed by atoms with Crippen molar-refractivity contribution >= 4 is 11.3 Å². The second-order valence-corrected chi connectivity index (χ2v) is 7.81. The lowest BCUT2D eigenvalue weighted by atomic mass is 9.76. The second-order valence-electron chi connectivity index (χ2n) is 6.78. The monoisotopic (exact) mass is 278 g/mol. The van der Waals surface area contributed by atoms with Gasteiger partial charge in [-0.1, -0.05) is 25.8 Å². The van der Waals surface area contributed by atoms with Gasteiger partial charge in [-0.2, -0.15) is 0 Å². The molecule has 19 heavy (non-hydrogen) atoms. The lowest BCUT2D eigenvalue weighted by Crippen LogP contribution is -2.53. The molecule has 2 aliphatic rings. The van der Waals surface area contributed by atoms with E-state index in [0.29, 0.717) is 0 Å². The van der Waals surface area contributed by atoms with E-state index in [0.717, 1.165) is 25.0 Å². The Balaban J connectivity index is 1.64. The SMILES string of the molecule is CC1CCCC(N)(CN(Cc2cccs2)C2CC2)C1. The van der Waals surface area contributed by atoms with Gasteiger partial charge >= 0.3 is 0 Å². The van der Waals surface area contributed by atoms with E-state index < -0.39 is 0 Å². The summed E-state index contributed by atoms with van der Waals surface area (Å²) in [5.74, 6) is 0.807. The third-order valence-corrected chi connectivity index (χ3v) is 5.51. The van der Waals surface area contributed by atoms with Gasteiger partial charge in [-0.25, -0.2) is 0 Å². The molecule has 0 spiro atoms. The molecule has 0 saturated heterocycles. The minimum Gasteiger partial charge on any atom is -0.324 e. The normalized spacial score (nSPS) is 31.8. The van der Waals surface area contributed by atoms with Crippen LogP contribution in [0.5, 0.6) is 0 Å². The highest BCUT2D eigenvalue weighted by atomic mass is 32.1. The summed E-state index contributed by atoms with van der Waals surface area (Å²) in [4.78, 5) is 4.14. The molecule has 1 aromatic heterocycles. The molecule has 1 aromatic rings. The fourth-order valence-corrected chi connectivity index (χ4v) is 4.33. The summed E-state index contributed by atoms with van der Waals surface area (Å²) >= 11 is 1.88. The smallest absolute Gasteiger partial charge is 0.0331 e. The van der Waals surface area contributed by atoms with E-state index in [1.165, 1.54) is 43.4 Å². The van der Waals surface area contributed by atoms with E-state index in [9.17, 15) is 0 Å². The Kier molecular flexibility index (Phi) is 3.97. The standard InChI is InChI=1S/C16H26N2S/c1-13-4-2-8-16(17,10-13)12-18(14-6-7-14)11-15-5-3-9-19-15/h3,5,9,13-14H,2,4,6-8,10-12,17H2,1H3. The van der Waals surface area contributed by atoms with Crippen molar-refractivity contribution in [3.8, 4) is 0 Å². The predicted octanol–water partition coefficient (Wildman–Crippen LogP) is 3.62. The molecule has 2 atom stereocenters. The average Bonchev–Trinajstić information content (AvgIpc) is 3.07. The largest absolute Gasteiger partial charge is 0.324 e. The van der Waals surface area contributed by atoms with Gasteiger partial charge in [0.25, 0.3) is 0 Å². The predicted molar refractivity (Wildman–Crippen MR) is 82.3 cm³/mol. The van der Waals surface area contributed by atoms with Gasteiger partial charge in [0.2, 0.25) is 0 Å². The molecule has 2 N–H and O–H groups in total. The highest BCUT2D eigenvalue weighted by Crippen LogP contribution is 2.35. The van der Waals surface area contributed by atoms with Crippen molar-refractivity contribution in [2.24, 2.45) is 11.7 Å². The van der Waals surface area contributed by atoms with E-state index in [-0.39, 0.29) is 5.54 Å². The lowest BCUT2D eigenvalue weighted by Gasteiger charge is -2.40. The highest BCUT2D eigenvalue weighted by Gasteiger charge is 2.37. The van der Waals surface area contributed by atoms with Crippen molar-refractivity contribution in [3.63, 3.8) is 0 Å². The molecule has 2 saturated carbocycles. The number of rotatable bonds is 5. The van der Waals surface area contributed by atoms with Crippen LogP contribution in [0, 0.1) is 5.92 Å². The lowest BCUT2D eigenvalue weighted by molar-refractivity contribution is 0.140. The van der Waals surface area contributed by atoms with Crippen LogP contribution < -0.4 is 5.73 Å². The summed E-state index contributed by atoms with van der Waals surface area (Å²) in [7, 11) is 0. The molecule has 0 aromatic carbocycles. The van der Waals surface area contributed by atoms with Crippen LogP contribution in [-0.4, -0.2) is 23.0 Å². The Labute approximate surface area is 121 Å². The first kappa shape index (κ1) is 13.6. The summed E-state index contributed by atoms with van der Waals surface area (Å²) in [6.45, 7) is 4.57. The third kappa shape index (κ3) is 3.59. The van der Waals surface area contributed by atoms with Crippen LogP contribution in [0.25, 0.3) is 0 Å². The zero-order valence-corrected chi connectivity index (χ0v) is 12.8. The van der Waals surface area contributed by atoms with Gasteiger partial charge < -0.3 is 5.73 Å². The van der Waals surface area contributed by atoms with Crippen LogP contribution in [0.15, 0.2) is 17.5 Å². The first-order valence-electron chi connectivity index (χ1n) is 7.70. The minimum atomic E-state index is 0.0670. The molecule has 106 valence electrons. The van der Waals surface area contributed by atoms with Crippen molar-refractivity contribution in [2.45, 2.75) is 63.6 Å². The fraction of sp³-hybridized carbons (Fsp3) is 0.750. The molecule has 2 fully saturated rings. The maximum atomic E-state index is 6.71. The molecule has 2 aliphatic carbocycles. The zero-order chi connectivity index (χ0) is 13.3. The first-order chi connectivity index (χ1) is 9.15. The second kappa shape index (κ2) is 5.55. The average molecular weight is 278 g/mol. The van der Waals surface area contributed by atoms with Crippen molar-refractivity contribution in [1.29, 1.82) is 0 Å². The summed E-state index contributed by atoms with van der Waals surface area (Å²) in [6.07, 6.45) is 7.85. The van der Waals surface area contributed by atoms with Crippen LogP contribution in [0.1, 0.15) is 50.3 Å². The topological polar surface area (TPSA) is 29.3 Å². The van der Waals surface area contributed by atoms with Gasteiger partial charge in [0.05, 0.1) is 0 Å². The molecule has 0 radical (unpaired) electrons. The highest BCUT2D eigenvalue weighted by molar-refractivity contribution is 7.09. The number of nitrogens with two attached hydrogens (primary N) is 1. The summed E-state index contributed by atoms with van der Waals surface area (Å²) in [5, 5.41) is 2.18. The van der Waals surface area contributed by atoms with Crippen molar-refractivity contribution in [3.05, 3.63) is 22.4 Å². The quantitative estimate of drug-likeness (QED) is 0.891. The van der Waals surface area contributed by atoms with Gasteiger partial charge in [0.15, 0.2) is 0 Å². The van der Waals surface area contributed by atoms with E-state index in [2.05, 4.69) is 29.3 Å². The minimum absolute atomic E-state index is 0.0670. The summed E-state index contributed by atoms with van der Waals surface area (Å²) in [5.41, 5.74) is 6.77. The number of nitrogens with zero attached hydrogens (tertiary/aromatic N) is 1. The Hall–Kier alpha value is -0.380. The van der Waals surface area contributed by atoms with E-state index >= 15 is 0 Å². The van der Waals surface area contributed by atoms with Crippen molar-refractivity contribution in [1.82, 2.24) is 4.90 Å². The van der Waals surface area contributed by atoms with Gasteiger partial charge in [0, 0.05) is 29.5 Å². The van der Waals surface area contributed by atoms with Crippen LogP contribution in [-0.2, 0) is 6.54 Å². The molecule has 0 amide bonds. The van der Waals surface area contributed by atoms with Crippen LogP contribution in [0.4, 0.5) is 0 Å². The number of hydrogen-bond acceptors (Lipinski definition) is 3. The van der Waals surface area contributed by atoms with E-state index in [1.807, 2.05) is 11.3 Å². The van der Waals surface area contributed by atoms with Gasteiger partial charge in [0.1, 0.15) is 0 Å². The molecular weight excluding hydrogens is 252 g/mol. The van der Waals surface area contributed by atoms with Crippen LogP contribution >= 0.6 is 11.3 Å². The Morgan fingerprint density at radius 3 is 2.89 bits per heavy atom. The molecule has 2 nitrogen and oxygen atoms in total. The Bertz CT molecular complexity index is 399. The Morgan fingerprint density at radius 1 is 1.42 bits per heavy atom. The van der Waals surface area contributed by atoms with Crippen LogP contribution in [0.3, 0.4) is 0 Å². The fourth-order valence-electron chi connectivity index (χ4n) is 3.61. The summed E-state index contributed by atoms with van der Waals surface area (Å²) < 4.78 is 0. The van der Waals surface area contributed by atoms with Gasteiger partial charge in [-0.3, -0.25) is 4.90 Å². The maximum absolute atomic E-state index is 6.71. The molecule has 2 unspecified atom stereocenters. The molecule has 0 bridgehead atoms. The molecular formula is C16H26N2S. The third-order valence-electron chi connectivity index (χ3n) is 4.65. The number of hydrogen-bond donors (Lipinski definition) is 1. The van der Waals surface area contributed by atoms with E-state index in [1.54, 1.807) is 0 Å². The number of thiophene rings is 1. The maximum Gasteiger partial charge on any atom is 0.0331 e. The van der Waals surface area contributed by atoms with Crippen LogP contribution in [0.2, 0.25) is 0 Å².